The summed E-state index contributed by atoms with van der Waals surface area (Å²) in [5.41, 5.74) is 0.399. The first-order chi connectivity index (χ1) is 7.42. The molecule has 0 amide bonds. The molecule has 0 aromatic heterocycles. The molecule has 1 N–H and O–H groups in total. The van der Waals surface area contributed by atoms with Crippen molar-refractivity contribution in [1.82, 2.24) is 0 Å². The molecule has 0 aliphatic carbocycles. The van der Waals surface area contributed by atoms with Crippen LogP contribution in [0.5, 0.6) is 5.75 Å². The van der Waals surface area contributed by atoms with Gasteiger partial charge in [-0.2, -0.15) is 0 Å². The molecule has 1 rings (SSSR count). The van der Waals surface area contributed by atoms with Gasteiger partial charge < -0.3 is 9.47 Å². The van der Waals surface area contributed by atoms with Crippen LogP contribution < -0.4 is 4.74 Å². The summed E-state index contributed by atoms with van der Waals surface area (Å²) in [6.07, 6.45) is -4.70. The Hall–Kier alpha value is -1.72. The van der Waals surface area contributed by atoms with Gasteiger partial charge >= 0.3 is 6.36 Å². The second-order valence-corrected chi connectivity index (χ2v) is 2.83. The Morgan fingerprint density at radius 1 is 1.25 bits per heavy atom. The zero-order chi connectivity index (χ0) is 12.2. The lowest BCUT2D eigenvalue weighted by atomic mass is 10.2. The van der Waals surface area contributed by atoms with Gasteiger partial charge in [-0.15, -0.1) is 13.2 Å². The quantitative estimate of drug-likeness (QED) is 0.644. The summed E-state index contributed by atoms with van der Waals surface area (Å²) in [6.45, 7) is 2.05. The number of benzene rings is 1. The fourth-order valence-corrected chi connectivity index (χ4v) is 1.04. The van der Waals surface area contributed by atoms with Crippen molar-refractivity contribution >= 4 is 5.90 Å². The van der Waals surface area contributed by atoms with Gasteiger partial charge in [0.15, 0.2) is 0 Å². The van der Waals surface area contributed by atoms with Crippen molar-refractivity contribution in [1.29, 1.82) is 5.41 Å². The molecule has 0 fully saturated rings. The van der Waals surface area contributed by atoms with Crippen molar-refractivity contribution in [2.75, 3.05) is 6.61 Å². The maximum absolute atomic E-state index is 11.8. The van der Waals surface area contributed by atoms with Crippen molar-refractivity contribution in [3.63, 3.8) is 0 Å². The largest absolute Gasteiger partial charge is 0.573 e. The summed E-state index contributed by atoms with van der Waals surface area (Å²) < 4.78 is 44.1. The topological polar surface area (TPSA) is 42.3 Å². The molecule has 6 heteroatoms. The van der Waals surface area contributed by atoms with Crippen molar-refractivity contribution in [3.8, 4) is 5.75 Å². The predicted molar refractivity (Wildman–Crippen MR) is 51.6 cm³/mol. The number of hydrogen-bond donors (Lipinski definition) is 1. The minimum absolute atomic E-state index is 0.0824. The van der Waals surface area contributed by atoms with Crippen LogP contribution in [-0.4, -0.2) is 18.9 Å². The van der Waals surface area contributed by atoms with E-state index in [1.165, 1.54) is 12.1 Å². The fraction of sp³-hybridized carbons (Fsp3) is 0.300. The summed E-state index contributed by atoms with van der Waals surface area (Å²) in [7, 11) is 0. The van der Waals surface area contributed by atoms with Crippen molar-refractivity contribution in [2.24, 2.45) is 0 Å². The highest BCUT2D eigenvalue weighted by atomic mass is 19.4. The van der Waals surface area contributed by atoms with E-state index in [1.54, 1.807) is 6.92 Å². The number of ether oxygens (including phenoxy) is 2. The molecule has 88 valence electrons. The van der Waals surface area contributed by atoms with Gasteiger partial charge in [-0.05, 0) is 31.2 Å². The molecule has 3 nitrogen and oxygen atoms in total. The van der Waals surface area contributed by atoms with E-state index in [0.29, 0.717) is 12.2 Å². The number of halogens is 3. The Bertz CT molecular complexity index is 359. The Labute approximate surface area is 90.3 Å². The van der Waals surface area contributed by atoms with Crippen LogP contribution in [0.25, 0.3) is 0 Å². The minimum atomic E-state index is -4.70. The maximum Gasteiger partial charge on any atom is 0.573 e. The third-order valence-electron chi connectivity index (χ3n) is 1.64. The van der Waals surface area contributed by atoms with Gasteiger partial charge in [0.25, 0.3) is 0 Å². The van der Waals surface area contributed by atoms with Gasteiger partial charge in [-0.3, -0.25) is 5.41 Å². The number of alkyl halides is 3. The van der Waals surface area contributed by atoms with Gasteiger partial charge in [0.05, 0.1) is 6.61 Å². The number of rotatable bonds is 3. The molecule has 0 saturated heterocycles. The molecule has 0 unspecified atom stereocenters. The summed E-state index contributed by atoms with van der Waals surface area (Å²) in [5, 5.41) is 7.39. The van der Waals surface area contributed by atoms with Crippen molar-refractivity contribution in [2.45, 2.75) is 13.3 Å². The molecule has 0 saturated carbocycles. The van der Waals surface area contributed by atoms with Crippen molar-refractivity contribution < 1.29 is 22.6 Å². The summed E-state index contributed by atoms with van der Waals surface area (Å²) in [4.78, 5) is 0. The Kier molecular flexibility index (Phi) is 3.76. The van der Waals surface area contributed by atoms with Crippen LogP contribution in [0.4, 0.5) is 13.2 Å². The average molecular weight is 233 g/mol. The Balaban J connectivity index is 2.72. The van der Waals surface area contributed by atoms with Crippen LogP contribution in [0, 0.1) is 5.41 Å². The Morgan fingerprint density at radius 2 is 1.81 bits per heavy atom. The molecular formula is C10H10F3NO2. The zero-order valence-corrected chi connectivity index (χ0v) is 8.47. The summed E-state index contributed by atoms with van der Waals surface area (Å²) in [6, 6.07) is 4.94. The second kappa shape index (κ2) is 4.87. The molecule has 0 radical (unpaired) electrons. The second-order valence-electron chi connectivity index (χ2n) is 2.83. The SMILES string of the molecule is CCOC(=N)c1ccc(OC(F)(F)F)cc1. The van der Waals surface area contributed by atoms with Gasteiger partial charge in [0, 0.05) is 5.56 Å². The van der Waals surface area contributed by atoms with Crippen LogP contribution in [0.2, 0.25) is 0 Å². The van der Waals surface area contributed by atoms with E-state index in [0.717, 1.165) is 12.1 Å². The number of nitrogens with one attached hydrogen (secondary N) is 1. The van der Waals surface area contributed by atoms with Gasteiger partial charge in [0.1, 0.15) is 5.75 Å². The van der Waals surface area contributed by atoms with Crippen LogP contribution in [0.3, 0.4) is 0 Å². The predicted octanol–water partition coefficient (Wildman–Crippen LogP) is 2.95. The zero-order valence-electron chi connectivity index (χ0n) is 8.47. The van der Waals surface area contributed by atoms with E-state index in [1.807, 2.05) is 0 Å². The first-order valence-electron chi connectivity index (χ1n) is 4.50. The highest BCUT2D eigenvalue weighted by Crippen LogP contribution is 2.22. The van der Waals surface area contributed by atoms with Crippen molar-refractivity contribution in [3.05, 3.63) is 29.8 Å². The van der Waals surface area contributed by atoms with E-state index in [-0.39, 0.29) is 11.6 Å². The average Bonchev–Trinajstić information content (AvgIpc) is 2.16. The lowest BCUT2D eigenvalue weighted by molar-refractivity contribution is -0.274. The molecule has 0 heterocycles. The molecule has 1 aromatic rings. The van der Waals surface area contributed by atoms with Gasteiger partial charge in [-0.25, -0.2) is 0 Å². The van der Waals surface area contributed by atoms with E-state index < -0.39 is 6.36 Å². The van der Waals surface area contributed by atoms with Gasteiger partial charge in [-0.1, -0.05) is 0 Å². The van der Waals surface area contributed by atoms with E-state index in [2.05, 4.69) is 4.74 Å². The smallest absolute Gasteiger partial charge is 0.478 e. The van der Waals surface area contributed by atoms with E-state index >= 15 is 0 Å². The summed E-state index contributed by atoms with van der Waals surface area (Å²) in [5.74, 6) is -0.401. The first kappa shape index (κ1) is 12.4. The maximum atomic E-state index is 11.8. The third-order valence-corrected chi connectivity index (χ3v) is 1.64. The van der Waals surface area contributed by atoms with E-state index in [4.69, 9.17) is 10.1 Å². The van der Waals surface area contributed by atoms with E-state index in [9.17, 15) is 13.2 Å². The standard InChI is InChI=1S/C10H10F3NO2/c1-2-15-9(14)7-3-5-8(6-4-7)16-10(11,12)13/h3-6,14H,2H2,1H3. The highest BCUT2D eigenvalue weighted by Gasteiger charge is 2.30. The van der Waals surface area contributed by atoms with Crippen LogP contribution in [-0.2, 0) is 4.74 Å². The molecule has 16 heavy (non-hydrogen) atoms. The Morgan fingerprint density at radius 3 is 2.25 bits per heavy atom. The fourth-order valence-electron chi connectivity index (χ4n) is 1.04. The van der Waals surface area contributed by atoms with Gasteiger partial charge in [0.2, 0.25) is 5.90 Å². The molecule has 0 atom stereocenters. The molecular weight excluding hydrogens is 223 g/mol. The lowest BCUT2D eigenvalue weighted by Crippen LogP contribution is -2.17. The molecule has 0 aliphatic heterocycles. The highest BCUT2D eigenvalue weighted by molar-refractivity contribution is 5.91. The lowest BCUT2D eigenvalue weighted by Gasteiger charge is -2.09. The monoisotopic (exact) mass is 233 g/mol. The third kappa shape index (κ3) is 3.80. The molecule has 1 aromatic carbocycles. The molecule has 0 aliphatic rings. The molecule has 0 bridgehead atoms. The molecule has 0 spiro atoms. The summed E-state index contributed by atoms with van der Waals surface area (Å²) >= 11 is 0. The number of hydrogen-bond acceptors (Lipinski definition) is 3. The normalized spacial score (nSPS) is 11.0. The van der Waals surface area contributed by atoms with Crippen LogP contribution in [0.15, 0.2) is 24.3 Å². The minimum Gasteiger partial charge on any atom is -0.478 e. The van der Waals surface area contributed by atoms with Crippen LogP contribution in [0.1, 0.15) is 12.5 Å². The first-order valence-corrected chi connectivity index (χ1v) is 4.50. The van der Waals surface area contributed by atoms with Crippen LogP contribution >= 0.6 is 0 Å².